The van der Waals surface area contributed by atoms with Gasteiger partial charge < -0.3 is 4.74 Å². The van der Waals surface area contributed by atoms with Gasteiger partial charge >= 0.3 is 5.97 Å². The van der Waals surface area contributed by atoms with Crippen molar-refractivity contribution < 1.29 is 22.7 Å². The highest BCUT2D eigenvalue weighted by Gasteiger charge is 2.23. The zero-order chi connectivity index (χ0) is 23.6. The molecular weight excluding hydrogens is 460 g/mol. The lowest BCUT2D eigenvalue weighted by Gasteiger charge is -2.14. The van der Waals surface area contributed by atoms with Crippen LogP contribution < -0.4 is 15.8 Å². The predicted octanol–water partition coefficient (Wildman–Crippen LogP) is 2.04. The number of hydrogen-bond acceptors (Lipinski definition) is 7. The number of aromatic nitrogens is 2. The normalized spacial score (nSPS) is 11.5. The van der Waals surface area contributed by atoms with Crippen LogP contribution in [0.5, 0.6) is 0 Å². The summed E-state index contributed by atoms with van der Waals surface area (Å²) in [6.45, 7) is 3.45. The molecule has 3 rings (SSSR count). The number of sulfonamides is 1. The van der Waals surface area contributed by atoms with Gasteiger partial charge in [0.05, 0.1) is 29.1 Å². The number of halogens is 1. The molecular formula is C20H19ClN4O6S. The standard InChI is InChI=1S/C20H19ClN4O6S/c1-11(2)25-19(27)14-7-5-4-6-13(14)17(23-25)18(26)22-24-32(29,30)16-10-12(20(28)31-3)8-9-15(16)21/h4-11,24H,1-3H3,(H,22,26). The first-order valence-electron chi connectivity index (χ1n) is 9.28. The summed E-state index contributed by atoms with van der Waals surface area (Å²) in [5, 5.41) is 4.46. The number of benzene rings is 2. The van der Waals surface area contributed by atoms with E-state index < -0.39 is 26.8 Å². The molecule has 1 amide bonds. The predicted molar refractivity (Wildman–Crippen MR) is 117 cm³/mol. The Labute approximate surface area is 188 Å². The number of methoxy groups -OCH3 is 1. The zero-order valence-electron chi connectivity index (χ0n) is 17.2. The third-order valence-electron chi connectivity index (χ3n) is 4.47. The van der Waals surface area contributed by atoms with E-state index in [1.807, 2.05) is 4.83 Å². The van der Waals surface area contributed by atoms with Crippen LogP contribution in [0.25, 0.3) is 10.8 Å². The number of rotatable bonds is 6. The molecule has 0 spiro atoms. The summed E-state index contributed by atoms with van der Waals surface area (Å²) >= 11 is 5.98. The Morgan fingerprint density at radius 1 is 1.12 bits per heavy atom. The van der Waals surface area contributed by atoms with E-state index in [0.29, 0.717) is 0 Å². The van der Waals surface area contributed by atoms with Crippen molar-refractivity contribution in [1.29, 1.82) is 0 Å². The quantitative estimate of drug-likeness (QED) is 0.408. The summed E-state index contributed by atoms with van der Waals surface area (Å²) in [5.74, 6) is -1.65. The van der Waals surface area contributed by atoms with E-state index in [4.69, 9.17) is 11.6 Å². The fraction of sp³-hybridized carbons (Fsp3) is 0.200. The fourth-order valence-electron chi connectivity index (χ4n) is 2.91. The average molecular weight is 479 g/mol. The van der Waals surface area contributed by atoms with Crippen molar-refractivity contribution in [1.82, 2.24) is 20.0 Å². The topological polar surface area (TPSA) is 136 Å². The molecule has 2 aromatic carbocycles. The molecule has 0 bridgehead atoms. The van der Waals surface area contributed by atoms with Crippen LogP contribution in [0.3, 0.4) is 0 Å². The second-order valence-corrected chi connectivity index (χ2v) is 8.99. The molecule has 0 aliphatic heterocycles. The van der Waals surface area contributed by atoms with Gasteiger partial charge in [-0.1, -0.05) is 29.8 Å². The van der Waals surface area contributed by atoms with E-state index in [1.54, 1.807) is 32.0 Å². The molecule has 32 heavy (non-hydrogen) atoms. The van der Waals surface area contributed by atoms with Gasteiger partial charge in [0.1, 0.15) is 4.90 Å². The third-order valence-corrected chi connectivity index (χ3v) is 6.20. The molecule has 10 nitrogen and oxygen atoms in total. The van der Waals surface area contributed by atoms with Gasteiger partial charge in [-0.2, -0.15) is 5.10 Å². The first-order chi connectivity index (χ1) is 15.1. The lowest BCUT2D eigenvalue weighted by Crippen LogP contribution is -2.43. The Kier molecular flexibility index (Phi) is 6.63. The van der Waals surface area contributed by atoms with Crippen LogP contribution in [-0.2, 0) is 14.8 Å². The van der Waals surface area contributed by atoms with Crippen LogP contribution in [0, 0.1) is 0 Å². The van der Waals surface area contributed by atoms with Crippen molar-refractivity contribution in [2.24, 2.45) is 0 Å². The highest BCUT2D eigenvalue weighted by Crippen LogP contribution is 2.23. The van der Waals surface area contributed by atoms with E-state index >= 15 is 0 Å². The molecule has 0 aliphatic rings. The monoisotopic (exact) mass is 478 g/mol. The molecule has 3 aromatic rings. The maximum absolute atomic E-state index is 12.8. The van der Waals surface area contributed by atoms with Crippen molar-refractivity contribution in [3.05, 3.63) is 69.1 Å². The van der Waals surface area contributed by atoms with Gasteiger partial charge in [-0.15, -0.1) is 4.83 Å². The number of hydrazine groups is 1. The van der Waals surface area contributed by atoms with Gasteiger partial charge in [-0.3, -0.25) is 15.0 Å². The van der Waals surface area contributed by atoms with Gasteiger partial charge in [0, 0.05) is 5.39 Å². The van der Waals surface area contributed by atoms with Crippen LogP contribution in [-0.4, -0.2) is 37.2 Å². The van der Waals surface area contributed by atoms with Crippen LogP contribution >= 0.6 is 11.6 Å². The zero-order valence-corrected chi connectivity index (χ0v) is 18.8. The summed E-state index contributed by atoms with van der Waals surface area (Å²) in [7, 11) is -3.21. The number of ether oxygens (including phenoxy) is 1. The maximum atomic E-state index is 12.8. The second-order valence-electron chi connectivity index (χ2n) is 6.93. The lowest BCUT2D eigenvalue weighted by molar-refractivity contribution is 0.0600. The highest BCUT2D eigenvalue weighted by atomic mass is 35.5. The number of hydrogen-bond donors (Lipinski definition) is 2. The Hall–Kier alpha value is -3.28. The van der Waals surface area contributed by atoms with E-state index in [-0.39, 0.29) is 38.7 Å². The minimum absolute atomic E-state index is 0.0414. The van der Waals surface area contributed by atoms with Gasteiger partial charge in [0.25, 0.3) is 21.5 Å². The first kappa shape index (κ1) is 23.4. The first-order valence-corrected chi connectivity index (χ1v) is 11.1. The average Bonchev–Trinajstić information content (AvgIpc) is 2.77. The molecule has 12 heteroatoms. The van der Waals surface area contributed by atoms with Crippen LogP contribution in [0.15, 0.2) is 52.2 Å². The number of carbonyl (C=O) groups excluding carboxylic acids is 2. The number of fused-ring (bicyclic) bond motifs is 1. The van der Waals surface area contributed by atoms with Gasteiger partial charge in [0.15, 0.2) is 5.69 Å². The van der Waals surface area contributed by atoms with E-state index in [1.165, 1.54) is 18.2 Å². The Bertz CT molecular complexity index is 1380. The molecule has 1 heterocycles. The molecule has 2 N–H and O–H groups in total. The number of carbonyl (C=O) groups is 2. The minimum Gasteiger partial charge on any atom is -0.465 e. The van der Waals surface area contributed by atoms with Crippen LogP contribution in [0.4, 0.5) is 0 Å². The highest BCUT2D eigenvalue weighted by molar-refractivity contribution is 7.89. The molecule has 0 fully saturated rings. The van der Waals surface area contributed by atoms with Crippen molar-refractivity contribution in [3.8, 4) is 0 Å². The van der Waals surface area contributed by atoms with Crippen molar-refractivity contribution in [2.45, 2.75) is 24.8 Å². The minimum atomic E-state index is -4.36. The molecule has 168 valence electrons. The summed E-state index contributed by atoms with van der Waals surface area (Å²) in [6, 6.07) is 9.57. The molecule has 0 aliphatic carbocycles. The SMILES string of the molecule is COC(=O)c1ccc(Cl)c(S(=O)(=O)NNC(=O)c2nn(C(C)C)c(=O)c3ccccc23)c1. The Morgan fingerprint density at radius 3 is 2.41 bits per heavy atom. The number of nitrogens with zero attached hydrogens (tertiary/aromatic N) is 2. The Balaban J connectivity index is 1.96. The number of esters is 1. The summed E-state index contributed by atoms with van der Waals surface area (Å²) in [4.78, 5) is 38.6. The number of amides is 1. The van der Waals surface area contributed by atoms with Crippen molar-refractivity contribution >= 4 is 44.3 Å². The molecule has 0 radical (unpaired) electrons. The molecule has 0 atom stereocenters. The summed E-state index contributed by atoms with van der Waals surface area (Å²) < 4.78 is 31.1. The van der Waals surface area contributed by atoms with Crippen molar-refractivity contribution in [3.63, 3.8) is 0 Å². The van der Waals surface area contributed by atoms with Crippen LogP contribution in [0.2, 0.25) is 5.02 Å². The van der Waals surface area contributed by atoms with Gasteiger partial charge in [0.2, 0.25) is 0 Å². The van der Waals surface area contributed by atoms with E-state index in [2.05, 4.69) is 15.3 Å². The largest absolute Gasteiger partial charge is 0.465 e. The summed E-state index contributed by atoms with van der Waals surface area (Å²) in [5.41, 5.74) is 1.51. The van der Waals surface area contributed by atoms with Crippen molar-refractivity contribution in [2.75, 3.05) is 7.11 Å². The van der Waals surface area contributed by atoms with Crippen LogP contribution in [0.1, 0.15) is 40.7 Å². The maximum Gasteiger partial charge on any atom is 0.337 e. The fourth-order valence-corrected chi connectivity index (χ4v) is 4.27. The number of nitrogens with one attached hydrogen (secondary N) is 2. The Morgan fingerprint density at radius 2 is 1.78 bits per heavy atom. The van der Waals surface area contributed by atoms with E-state index in [0.717, 1.165) is 17.9 Å². The third kappa shape index (κ3) is 4.49. The van der Waals surface area contributed by atoms with Gasteiger partial charge in [-0.25, -0.2) is 17.9 Å². The smallest absolute Gasteiger partial charge is 0.337 e. The molecule has 1 aromatic heterocycles. The summed E-state index contributed by atoms with van der Waals surface area (Å²) in [6.07, 6.45) is 0. The molecule has 0 saturated heterocycles. The van der Waals surface area contributed by atoms with Gasteiger partial charge in [-0.05, 0) is 38.1 Å². The molecule has 0 saturated carbocycles. The lowest BCUT2D eigenvalue weighted by atomic mass is 10.1. The molecule has 0 unspecified atom stereocenters. The second kappa shape index (κ2) is 9.07. The van der Waals surface area contributed by atoms with E-state index in [9.17, 15) is 22.8 Å².